The summed E-state index contributed by atoms with van der Waals surface area (Å²) in [6.07, 6.45) is 2.32. The van der Waals surface area contributed by atoms with Gasteiger partial charge in [0.2, 0.25) is 11.8 Å². The third kappa shape index (κ3) is 7.25. The summed E-state index contributed by atoms with van der Waals surface area (Å²) in [4.78, 5) is 23.6. The normalized spacial score (nSPS) is 13.5. The minimum atomic E-state index is -0.281. The minimum Gasteiger partial charge on any atom is -0.354 e. The maximum Gasteiger partial charge on any atom is 0.222 e. The molecule has 0 bridgehead atoms. The van der Waals surface area contributed by atoms with E-state index >= 15 is 0 Å². The van der Waals surface area contributed by atoms with Crippen molar-refractivity contribution in [2.45, 2.75) is 59.0 Å². The van der Waals surface area contributed by atoms with E-state index in [1.54, 1.807) is 0 Å². The van der Waals surface area contributed by atoms with Crippen molar-refractivity contribution in [1.29, 1.82) is 0 Å². The van der Waals surface area contributed by atoms with Crippen LogP contribution in [0.3, 0.4) is 0 Å². The van der Waals surface area contributed by atoms with Crippen LogP contribution in [0.15, 0.2) is 30.3 Å². The van der Waals surface area contributed by atoms with Gasteiger partial charge in [-0.2, -0.15) is 0 Å². The highest BCUT2D eigenvalue weighted by atomic mass is 16.2. The molecule has 0 aliphatic rings. The maximum absolute atomic E-state index is 12.2. The first-order chi connectivity index (χ1) is 10.4. The standard InChI is InChI=1S/C18H28N2O2/c1-13(2)10-11-14(3)19-18(22)12-17(20-15(4)21)16-8-6-5-7-9-16/h5-9,13-14,17H,10-12H2,1-4H3,(H,19,22)(H,20,21). The first-order valence-corrected chi connectivity index (χ1v) is 8.00. The fraction of sp³-hybridized carbons (Fsp3) is 0.556. The third-order valence-corrected chi connectivity index (χ3v) is 3.55. The number of hydrogen-bond donors (Lipinski definition) is 2. The Morgan fingerprint density at radius 1 is 1.00 bits per heavy atom. The monoisotopic (exact) mass is 304 g/mol. The summed E-state index contributed by atoms with van der Waals surface area (Å²) in [5.41, 5.74) is 0.947. The molecule has 1 rings (SSSR count). The second kappa shape index (κ2) is 9.23. The number of carbonyl (C=O) groups is 2. The van der Waals surface area contributed by atoms with Gasteiger partial charge in [-0.25, -0.2) is 0 Å². The fourth-order valence-corrected chi connectivity index (χ4v) is 2.36. The van der Waals surface area contributed by atoms with Crippen molar-refractivity contribution in [2.75, 3.05) is 0 Å². The molecule has 22 heavy (non-hydrogen) atoms. The van der Waals surface area contributed by atoms with Gasteiger partial charge in [0.25, 0.3) is 0 Å². The van der Waals surface area contributed by atoms with E-state index in [1.165, 1.54) is 6.92 Å². The summed E-state index contributed by atoms with van der Waals surface area (Å²) in [5, 5.41) is 5.87. The highest BCUT2D eigenvalue weighted by Crippen LogP contribution is 2.16. The molecule has 0 fully saturated rings. The van der Waals surface area contributed by atoms with Gasteiger partial charge in [0.15, 0.2) is 0 Å². The number of carbonyl (C=O) groups excluding carboxylic acids is 2. The highest BCUT2D eigenvalue weighted by Gasteiger charge is 2.18. The Balaban J connectivity index is 2.58. The van der Waals surface area contributed by atoms with Crippen molar-refractivity contribution >= 4 is 11.8 Å². The zero-order chi connectivity index (χ0) is 16.5. The summed E-state index contributed by atoms with van der Waals surface area (Å²) in [5.74, 6) is 0.476. The Morgan fingerprint density at radius 2 is 1.64 bits per heavy atom. The van der Waals surface area contributed by atoms with E-state index in [4.69, 9.17) is 0 Å². The molecule has 0 radical (unpaired) electrons. The SMILES string of the molecule is CC(=O)NC(CC(=O)NC(C)CCC(C)C)c1ccccc1. The molecule has 2 amide bonds. The van der Waals surface area contributed by atoms with E-state index in [0.717, 1.165) is 18.4 Å². The molecule has 0 heterocycles. The minimum absolute atomic E-state index is 0.0288. The zero-order valence-corrected chi connectivity index (χ0v) is 14.1. The van der Waals surface area contributed by atoms with E-state index in [-0.39, 0.29) is 30.3 Å². The maximum atomic E-state index is 12.2. The molecule has 1 aromatic rings. The molecule has 2 unspecified atom stereocenters. The Labute approximate surface area is 133 Å². The van der Waals surface area contributed by atoms with Gasteiger partial charge in [-0.15, -0.1) is 0 Å². The summed E-state index contributed by atoms with van der Waals surface area (Å²) >= 11 is 0. The summed E-state index contributed by atoms with van der Waals surface area (Å²) in [6, 6.07) is 9.47. The van der Waals surface area contributed by atoms with Gasteiger partial charge in [-0.1, -0.05) is 44.2 Å². The second-order valence-corrected chi connectivity index (χ2v) is 6.31. The molecule has 2 atom stereocenters. The lowest BCUT2D eigenvalue weighted by atomic mass is 10.0. The van der Waals surface area contributed by atoms with Gasteiger partial charge in [0, 0.05) is 13.0 Å². The van der Waals surface area contributed by atoms with E-state index in [1.807, 2.05) is 37.3 Å². The first-order valence-electron chi connectivity index (χ1n) is 8.00. The number of amides is 2. The third-order valence-electron chi connectivity index (χ3n) is 3.55. The van der Waals surface area contributed by atoms with E-state index in [0.29, 0.717) is 5.92 Å². The van der Waals surface area contributed by atoms with Crippen LogP contribution in [0.2, 0.25) is 0 Å². The van der Waals surface area contributed by atoms with Gasteiger partial charge < -0.3 is 10.6 Å². The molecule has 122 valence electrons. The average molecular weight is 304 g/mol. The van der Waals surface area contributed by atoms with Crippen molar-refractivity contribution < 1.29 is 9.59 Å². The molecule has 0 aromatic heterocycles. The molecule has 4 nitrogen and oxygen atoms in total. The van der Waals surface area contributed by atoms with Crippen LogP contribution in [-0.4, -0.2) is 17.9 Å². The second-order valence-electron chi connectivity index (χ2n) is 6.31. The molecule has 2 N–H and O–H groups in total. The Kier molecular flexibility index (Phi) is 7.64. The van der Waals surface area contributed by atoms with E-state index in [9.17, 15) is 9.59 Å². The van der Waals surface area contributed by atoms with Crippen LogP contribution in [0, 0.1) is 5.92 Å². The van der Waals surface area contributed by atoms with E-state index < -0.39 is 0 Å². The summed E-state index contributed by atoms with van der Waals surface area (Å²) < 4.78 is 0. The zero-order valence-electron chi connectivity index (χ0n) is 14.1. The van der Waals surface area contributed by atoms with Crippen LogP contribution in [-0.2, 0) is 9.59 Å². The van der Waals surface area contributed by atoms with Crippen molar-refractivity contribution in [3.05, 3.63) is 35.9 Å². The predicted octanol–water partition coefficient (Wildman–Crippen LogP) is 3.19. The number of hydrogen-bond acceptors (Lipinski definition) is 2. The van der Waals surface area contributed by atoms with Crippen molar-refractivity contribution in [3.8, 4) is 0 Å². The number of benzene rings is 1. The lowest BCUT2D eigenvalue weighted by molar-refractivity contribution is -0.123. The average Bonchev–Trinajstić information content (AvgIpc) is 2.45. The Morgan fingerprint density at radius 3 is 2.18 bits per heavy atom. The Bertz CT molecular complexity index is 471. The topological polar surface area (TPSA) is 58.2 Å². The van der Waals surface area contributed by atoms with Crippen LogP contribution in [0.5, 0.6) is 0 Å². The van der Waals surface area contributed by atoms with Crippen molar-refractivity contribution in [2.24, 2.45) is 5.92 Å². The van der Waals surface area contributed by atoms with Crippen LogP contribution in [0.1, 0.15) is 58.6 Å². The largest absolute Gasteiger partial charge is 0.354 e. The molecule has 0 saturated heterocycles. The van der Waals surface area contributed by atoms with Crippen LogP contribution in [0.4, 0.5) is 0 Å². The number of rotatable bonds is 8. The van der Waals surface area contributed by atoms with Gasteiger partial charge in [0.1, 0.15) is 0 Å². The van der Waals surface area contributed by atoms with Gasteiger partial charge in [-0.05, 0) is 31.2 Å². The lowest BCUT2D eigenvalue weighted by Crippen LogP contribution is -2.36. The smallest absolute Gasteiger partial charge is 0.222 e. The molecule has 4 heteroatoms. The molecular formula is C18H28N2O2. The lowest BCUT2D eigenvalue weighted by Gasteiger charge is -2.20. The van der Waals surface area contributed by atoms with Crippen LogP contribution >= 0.6 is 0 Å². The molecule has 0 aliphatic heterocycles. The predicted molar refractivity (Wildman–Crippen MR) is 89.3 cm³/mol. The van der Waals surface area contributed by atoms with Crippen LogP contribution in [0.25, 0.3) is 0 Å². The summed E-state index contributed by atoms with van der Waals surface area (Å²) in [7, 11) is 0. The molecule has 1 aromatic carbocycles. The van der Waals surface area contributed by atoms with E-state index in [2.05, 4.69) is 24.5 Å². The molecule has 0 spiro atoms. The molecule has 0 aliphatic carbocycles. The fourth-order valence-electron chi connectivity index (χ4n) is 2.36. The van der Waals surface area contributed by atoms with Crippen LogP contribution < -0.4 is 10.6 Å². The van der Waals surface area contributed by atoms with Gasteiger partial charge >= 0.3 is 0 Å². The first kappa shape index (κ1) is 18.2. The van der Waals surface area contributed by atoms with Crippen molar-refractivity contribution in [3.63, 3.8) is 0 Å². The summed E-state index contributed by atoms with van der Waals surface area (Å²) in [6.45, 7) is 7.85. The quantitative estimate of drug-likeness (QED) is 0.775. The van der Waals surface area contributed by atoms with Gasteiger partial charge in [0.05, 0.1) is 12.5 Å². The Hall–Kier alpha value is -1.84. The molecular weight excluding hydrogens is 276 g/mol. The van der Waals surface area contributed by atoms with Gasteiger partial charge in [-0.3, -0.25) is 9.59 Å². The highest BCUT2D eigenvalue weighted by molar-refractivity contribution is 5.79. The molecule has 0 saturated carbocycles. The number of nitrogens with one attached hydrogen (secondary N) is 2. The van der Waals surface area contributed by atoms with Crippen molar-refractivity contribution in [1.82, 2.24) is 10.6 Å².